The summed E-state index contributed by atoms with van der Waals surface area (Å²) in [5, 5.41) is 3.37. The summed E-state index contributed by atoms with van der Waals surface area (Å²) in [5.41, 5.74) is 6.29. The largest absolute Gasteiger partial charge is 0.485 e. The molecule has 0 bridgehead atoms. The second-order valence-electron chi connectivity index (χ2n) is 11.1. The number of benzene rings is 1. The van der Waals surface area contributed by atoms with E-state index < -0.39 is 17.5 Å². The van der Waals surface area contributed by atoms with Gasteiger partial charge < -0.3 is 30.0 Å². The molecule has 1 aliphatic heterocycles. The first-order valence-corrected chi connectivity index (χ1v) is 12.9. The number of carbonyl (C=O) groups is 2. The number of pyridine rings is 1. The molecule has 1 saturated carbocycles. The number of alkyl carbamates (subject to hydrolysis) is 1. The van der Waals surface area contributed by atoms with Gasteiger partial charge >= 0.3 is 6.09 Å². The number of fused-ring (bicyclic) bond motifs is 1. The maximum atomic E-state index is 15.7. The minimum absolute atomic E-state index is 0.0658. The van der Waals surface area contributed by atoms with Crippen molar-refractivity contribution in [3.63, 3.8) is 0 Å². The second kappa shape index (κ2) is 10.3. The van der Waals surface area contributed by atoms with E-state index in [0.717, 1.165) is 19.3 Å². The minimum atomic E-state index is -0.589. The Morgan fingerprint density at radius 1 is 1.24 bits per heavy atom. The predicted octanol–water partition coefficient (Wildman–Crippen LogP) is 3.43. The molecule has 3 N–H and O–H groups in total. The van der Waals surface area contributed by atoms with Gasteiger partial charge in [0.05, 0.1) is 17.7 Å². The minimum Gasteiger partial charge on any atom is -0.485 e. The summed E-state index contributed by atoms with van der Waals surface area (Å²) in [6.07, 6.45) is 2.06. The molecule has 0 spiro atoms. The Hall–Kier alpha value is -3.14. The van der Waals surface area contributed by atoms with Gasteiger partial charge in [-0.1, -0.05) is 0 Å². The Bertz CT molecular complexity index is 1260. The Balaban J connectivity index is 1.65. The average Bonchev–Trinajstić information content (AvgIpc) is 3.52. The van der Waals surface area contributed by atoms with Crippen LogP contribution < -0.4 is 26.2 Å². The van der Waals surface area contributed by atoms with E-state index >= 15 is 4.39 Å². The molecule has 2 fully saturated rings. The second-order valence-corrected chi connectivity index (χ2v) is 11.1. The van der Waals surface area contributed by atoms with Gasteiger partial charge in [-0.15, -0.1) is 0 Å². The third kappa shape index (κ3) is 5.89. The predicted molar refractivity (Wildman–Crippen MR) is 140 cm³/mol. The molecule has 2 heterocycles. The highest BCUT2D eigenvalue weighted by Gasteiger charge is 2.34. The van der Waals surface area contributed by atoms with Crippen molar-refractivity contribution in [2.75, 3.05) is 31.1 Å². The zero-order chi connectivity index (χ0) is 27.1. The smallest absolute Gasteiger partial charge is 0.407 e. The van der Waals surface area contributed by atoms with Crippen LogP contribution in [0.4, 0.5) is 14.9 Å². The van der Waals surface area contributed by atoms with Gasteiger partial charge in [-0.3, -0.25) is 9.59 Å². The molecule has 9 nitrogen and oxygen atoms in total. The van der Waals surface area contributed by atoms with Gasteiger partial charge in [0.1, 0.15) is 23.8 Å². The number of aromatic nitrogens is 1. The molecule has 0 radical (unpaired) electrons. The van der Waals surface area contributed by atoms with Crippen molar-refractivity contribution in [2.24, 2.45) is 11.7 Å². The molecule has 1 aromatic carbocycles. The summed E-state index contributed by atoms with van der Waals surface area (Å²) >= 11 is 0. The normalized spacial score (nSPS) is 18.7. The van der Waals surface area contributed by atoms with Crippen LogP contribution in [0.2, 0.25) is 0 Å². The van der Waals surface area contributed by atoms with Crippen LogP contribution in [0.25, 0.3) is 10.9 Å². The number of anilines is 1. The Labute approximate surface area is 216 Å². The van der Waals surface area contributed by atoms with E-state index in [4.69, 9.17) is 15.2 Å². The quantitative estimate of drug-likeness (QED) is 0.552. The van der Waals surface area contributed by atoms with Gasteiger partial charge in [0.2, 0.25) is 0 Å². The first-order chi connectivity index (χ1) is 17.4. The molecular weight excluding hydrogens is 479 g/mol. The highest BCUT2D eigenvalue weighted by atomic mass is 19.1. The fourth-order valence-corrected chi connectivity index (χ4v) is 5.05. The fraction of sp³-hybridized carbons (Fsp3) is 0.593. The average molecular weight is 517 g/mol. The van der Waals surface area contributed by atoms with E-state index in [1.54, 1.807) is 4.57 Å². The van der Waals surface area contributed by atoms with Crippen LogP contribution in [0.15, 0.2) is 16.9 Å². The highest BCUT2D eigenvalue weighted by molar-refractivity contribution is 5.93. The standard InChI is InChI=1S/C27H37FN4O5/c1-15-24-20(22(36-14-19(33)12-29)11-23(34)32(24)18-6-7-18)10-21(28)25(15)31-9-8-17(13-31)16(2)30-26(35)37-27(3,4)5/h10-11,16-18H,6-9,12-14,29H2,1-5H3,(H,30,35)/t16-,17+/m0/s1. The van der Waals surface area contributed by atoms with Crippen molar-refractivity contribution < 1.29 is 23.5 Å². The molecule has 1 aliphatic carbocycles. The first-order valence-electron chi connectivity index (χ1n) is 12.9. The van der Waals surface area contributed by atoms with E-state index in [2.05, 4.69) is 5.32 Å². The lowest BCUT2D eigenvalue weighted by atomic mass is 10.0. The molecule has 202 valence electrons. The molecular formula is C27H37FN4O5. The van der Waals surface area contributed by atoms with Crippen molar-refractivity contribution in [3.05, 3.63) is 33.9 Å². The number of nitrogens with one attached hydrogen (secondary N) is 1. The molecule has 2 atom stereocenters. The topological polar surface area (TPSA) is 116 Å². The Morgan fingerprint density at radius 2 is 1.95 bits per heavy atom. The third-order valence-corrected chi connectivity index (χ3v) is 6.98. The van der Waals surface area contributed by atoms with Gasteiger partial charge in [0.25, 0.3) is 5.56 Å². The van der Waals surface area contributed by atoms with Crippen molar-refractivity contribution in [3.8, 4) is 5.75 Å². The van der Waals surface area contributed by atoms with Gasteiger partial charge in [-0.2, -0.15) is 0 Å². The molecule has 2 aliphatic rings. The van der Waals surface area contributed by atoms with Crippen LogP contribution in [0.1, 0.15) is 58.6 Å². The monoisotopic (exact) mass is 516 g/mol. The van der Waals surface area contributed by atoms with E-state index in [1.807, 2.05) is 39.5 Å². The van der Waals surface area contributed by atoms with E-state index in [1.165, 1.54) is 12.1 Å². The number of rotatable bonds is 8. The highest BCUT2D eigenvalue weighted by Crippen LogP contribution is 2.42. The van der Waals surface area contributed by atoms with Crippen molar-refractivity contribution in [1.29, 1.82) is 0 Å². The summed E-state index contributed by atoms with van der Waals surface area (Å²) in [6, 6.07) is 2.64. The van der Waals surface area contributed by atoms with Crippen LogP contribution in [-0.2, 0) is 9.53 Å². The number of nitrogens with zero attached hydrogens (tertiary/aromatic N) is 2. The number of Topliss-reactive ketones (excluding diaryl/α,β-unsaturated/α-hetero) is 1. The van der Waals surface area contributed by atoms with Crippen molar-refractivity contribution >= 4 is 28.5 Å². The lowest BCUT2D eigenvalue weighted by molar-refractivity contribution is -0.119. The number of hydrogen-bond donors (Lipinski definition) is 2. The SMILES string of the molecule is Cc1c(N2CC[C@@H]([C@H](C)NC(=O)OC(C)(C)C)C2)c(F)cc2c(OCC(=O)CN)cc(=O)n(C3CC3)c12. The van der Waals surface area contributed by atoms with Crippen LogP contribution in [0, 0.1) is 18.7 Å². The lowest BCUT2D eigenvalue weighted by Crippen LogP contribution is -2.42. The molecule has 4 rings (SSSR count). The lowest BCUT2D eigenvalue weighted by Gasteiger charge is -2.27. The van der Waals surface area contributed by atoms with Crippen molar-refractivity contribution in [2.45, 2.75) is 71.6 Å². The zero-order valence-electron chi connectivity index (χ0n) is 22.2. The summed E-state index contributed by atoms with van der Waals surface area (Å²) in [5.74, 6) is -0.453. The first kappa shape index (κ1) is 26.9. The number of nitrogens with two attached hydrogens (primary N) is 1. The number of aryl methyl sites for hydroxylation is 1. The van der Waals surface area contributed by atoms with Crippen LogP contribution in [0.5, 0.6) is 5.75 Å². The van der Waals surface area contributed by atoms with E-state index in [-0.39, 0.29) is 48.2 Å². The van der Waals surface area contributed by atoms with Gasteiger partial charge in [0, 0.05) is 36.6 Å². The summed E-state index contributed by atoms with van der Waals surface area (Å²) in [4.78, 5) is 39.0. The third-order valence-electron chi connectivity index (χ3n) is 6.98. The van der Waals surface area contributed by atoms with Crippen LogP contribution in [-0.4, -0.2) is 54.3 Å². The molecule has 1 saturated heterocycles. The molecule has 2 aromatic rings. The fourth-order valence-electron chi connectivity index (χ4n) is 5.05. The number of hydrogen-bond acceptors (Lipinski definition) is 7. The van der Waals surface area contributed by atoms with E-state index in [0.29, 0.717) is 35.2 Å². The van der Waals surface area contributed by atoms with Crippen molar-refractivity contribution in [1.82, 2.24) is 9.88 Å². The maximum Gasteiger partial charge on any atom is 0.407 e. The summed E-state index contributed by atoms with van der Waals surface area (Å²) in [7, 11) is 0. The number of halogens is 1. The van der Waals surface area contributed by atoms with Crippen LogP contribution in [0.3, 0.4) is 0 Å². The Morgan fingerprint density at radius 3 is 2.57 bits per heavy atom. The molecule has 1 amide bonds. The number of ketones is 1. The number of carbonyl (C=O) groups excluding carboxylic acids is 2. The van der Waals surface area contributed by atoms with Crippen LogP contribution >= 0.6 is 0 Å². The van der Waals surface area contributed by atoms with Gasteiger partial charge in [-0.05, 0) is 71.4 Å². The molecule has 0 unspecified atom stereocenters. The summed E-state index contributed by atoms with van der Waals surface area (Å²) < 4.78 is 28.4. The molecule has 37 heavy (non-hydrogen) atoms. The Kier molecular flexibility index (Phi) is 7.50. The maximum absolute atomic E-state index is 15.7. The zero-order valence-corrected chi connectivity index (χ0v) is 22.2. The van der Waals surface area contributed by atoms with E-state index in [9.17, 15) is 14.4 Å². The number of ether oxygens (including phenoxy) is 2. The molecule has 10 heteroatoms. The summed E-state index contributed by atoms with van der Waals surface area (Å²) in [6.45, 7) is 9.90. The number of amides is 1. The van der Waals surface area contributed by atoms with Gasteiger partial charge in [0.15, 0.2) is 5.78 Å². The molecule has 1 aromatic heterocycles. The van der Waals surface area contributed by atoms with Gasteiger partial charge in [-0.25, -0.2) is 9.18 Å².